The maximum atomic E-state index is 12.5. The fraction of sp³-hybridized carbons (Fsp3) is 0.263. The van der Waals surface area contributed by atoms with Gasteiger partial charge in [-0.2, -0.15) is 0 Å². The number of sulfonamides is 1. The molecule has 0 unspecified atom stereocenters. The van der Waals surface area contributed by atoms with Gasteiger partial charge in [0.25, 0.3) is 0 Å². The highest BCUT2D eigenvalue weighted by Crippen LogP contribution is 2.22. The van der Waals surface area contributed by atoms with Crippen LogP contribution in [-0.2, 0) is 21.2 Å². The number of nitrogens with one attached hydrogen (secondary N) is 1. The molecule has 3 rings (SSSR count). The second-order valence-corrected chi connectivity index (χ2v) is 9.18. The summed E-state index contributed by atoms with van der Waals surface area (Å²) in [5, 5.41) is 8.72. The summed E-state index contributed by atoms with van der Waals surface area (Å²) in [7, 11) is -3.79. The molecule has 11 heteroatoms. The zero-order valence-corrected chi connectivity index (χ0v) is 18.2. The van der Waals surface area contributed by atoms with Gasteiger partial charge in [0.2, 0.25) is 15.9 Å². The number of anilines is 1. The Morgan fingerprint density at radius 2 is 1.57 bits per heavy atom. The molecule has 8 nitrogen and oxygen atoms in total. The molecule has 1 aliphatic heterocycles. The number of nitrogens with two attached hydrogens (primary N) is 1. The molecule has 0 radical (unpaired) electrons. The number of urea groups is 1. The number of rotatable bonds is 4. The minimum absolute atomic E-state index is 0.0339. The molecular formula is C19H20Cl2N4O4S. The minimum Gasteiger partial charge on any atom is -0.339 e. The summed E-state index contributed by atoms with van der Waals surface area (Å²) >= 11 is 12.0. The van der Waals surface area contributed by atoms with Crippen LogP contribution in [0.3, 0.4) is 0 Å². The number of primary sulfonamides is 1. The van der Waals surface area contributed by atoms with E-state index in [0.717, 1.165) is 0 Å². The van der Waals surface area contributed by atoms with Crippen molar-refractivity contribution < 1.29 is 18.0 Å². The number of hydrogen-bond donors (Lipinski definition) is 2. The Morgan fingerprint density at radius 1 is 0.967 bits per heavy atom. The Labute approximate surface area is 184 Å². The van der Waals surface area contributed by atoms with E-state index in [-0.39, 0.29) is 23.3 Å². The van der Waals surface area contributed by atoms with Crippen molar-refractivity contribution in [3.8, 4) is 0 Å². The molecule has 3 N–H and O–H groups in total. The average Bonchev–Trinajstić information content (AvgIpc) is 2.70. The third kappa shape index (κ3) is 5.63. The molecule has 30 heavy (non-hydrogen) atoms. The first-order valence-electron chi connectivity index (χ1n) is 9.04. The van der Waals surface area contributed by atoms with E-state index < -0.39 is 10.0 Å². The lowest BCUT2D eigenvalue weighted by molar-refractivity contribution is -0.131. The molecule has 1 fully saturated rings. The van der Waals surface area contributed by atoms with Crippen LogP contribution in [0.5, 0.6) is 0 Å². The Hall–Kier alpha value is -2.33. The normalized spacial score (nSPS) is 14.5. The summed E-state index contributed by atoms with van der Waals surface area (Å²) in [4.78, 5) is 28.2. The van der Waals surface area contributed by atoms with Crippen LogP contribution in [-0.4, -0.2) is 56.3 Å². The van der Waals surface area contributed by atoms with E-state index in [4.69, 9.17) is 28.3 Å². The van der Waals surface area contributed by atoms with Crippen LogP contribution in [0.2, 0.25) is 10.0 Å². The first kappa shape index (κ1) is 22.4. The van der Waals surface area contributed by atoms with Crippen LogP contribution < -0.4 is 10.5 Å². The highest BCUT2D eigenvalue weighted by Gasteiger charge is 2.24. The van der Waals surface area contributed by atoms with E-state index in [1.807, 2.05) is 0 Å². The van der Waals surface area contributed by atoms with Crippen LogP contribution in [0, 0.1) is 0 Å². The van der Waals surface area contributed by atoms with E-state index in [9.17, 15) is 18.0 Å². The monoisotopic (exact) mass is 470 g/mol. The van der Waals surface area contributed by atoms with Crippen molar-refractivity contribution in [3.63, 3.8) is 0 Å². The predicted octanol–water partition coefficient (Wildman–Crippen LogP) is 2.56. The van der Waals surface area contributed by atoms with Crippen molar-refractivity contribution in [3.05, 3.63) is 58.1 Å². The van der Waals surface area contributed by atoms with Crippen LogP contribution in [0.15, 0.2) is 47.4 Å². The van der Waals surface area contributed by atoms with E-state index in [1.165, 1.54) is 24.3 Å². The molecule has 1 heterocycles. The molecule has 0 aromatic heterocycles. The molecule has 2 aromatic carbocycles. The first-order valence-corrected chi connectivity index (χ1v) is 11.3. The summed E-state index contributed by atoms with van der Waals surface area (Å²) in [6.07, 6.45) is 0.165. The molecule has 1 aliphatic rings. The SMILES string of the molecule is NS(=O)(=O)c1ccc(NC(=O)N2CCN(C(=O)Cc3ccc(Cl)cc3Cl)CC2)cc1. The van der Waals surface area contributed by atoms with Gasteiger partial charge in [0.15, 0.2) is 0 Å². The molecule has 160 valence electrons. The number of carbonyl (C=O) groups is 2. The van der Waals surface area contributed by atoms with E-state index in [2.05, 4.69) is 5.32 Å². The Morgan fingerprint density at radius 3 is 2.13 bits per heavy atom. The van der Waals surface area contributed by atoms with Crippen molar-refractivity contribution in [1.29, 1.82) is 0 Å². The number of nitrogens with zero attached hydrogens (tertiary/aromatic N) is 2. The largest absolute Gasteiger partial charge is 0.339 e. The standard InChI is InChI=1S/C19H20Cl2N4O4S/c20-14-2-1-13(17(21)12-14)11-18(26)24-7-9-25(10-8-24)19(27)23-15-3-5-16(6-4-15)30(22,28)29/h1-6,12H,7-11H2,(H,23,27)(H2,22,28,29). The fourth-order valence-electron chi connectivity index (χ4n) is 3.03. The van der Waals surface area contributed by atoms with Crippen LogP contribution in [0.1, 0.15) is 5.56 Å². The first-order chi connectivity index (χ1) is 14.1. The number of halogens is 2. The van der Waals surface area contributed by atoms with Gasteiger partial charge in [-0.05, 0) is 42.0 Å². The van der Waals surface area contributed by atoms with Gasteiger partial charge in [-0.15, -0.1) is 0 Å². The van der Waals surface area contributed by atoms with Crippen LogP contribution in [0.25, 0.3) is 0 Å². The number of benzene rings is 2. The number of hydrogen-bond acceptors (Lipinski definition) is 4. The maximum absolute atomic E-state index is 12.5. The van der Waals surface area contributed by atoms with E-state index in [1.54, 1.807) is 28.0 Å². The number of piperazine rings is 1. The smallest absolute Gasteiger partial charge is 0.321 e. The molecule has 2 aromatic rings. The predicted molar refractivity (Wildman–Crippen MR) is 115 cm³/mol. The molecule has 0 atom stereocenters. The van der Waals surface area contributed by atoms with Crippen molar-refractivity contribution in [2.75, 3.05) is 31.5 Å². The van der Waals surface area contributed by atoms with E-state index in [0.29, 0.717) is 47.5 Å². The summed E-state index contributed by atoms with van der Waals surface area (Å²) < 4.78 is 22.6. The third-order valence-corrected chi connectivity index (χ3v) is 6.23. The molecule has 0 saturated carbocycles. The van der Waals surface area contributed by atoms with Crippen molar-refractivity contribution in [1.82, 2.24) is 9.80 Å². The Kier molecular flexibility index (Phi) is 6.87. The average molecular weight is 471 g/mol. The molecular weight excluding hydrogens is 451 g/mol. The van der Waals surface area contributed by atoms with Gasteiger partial charge < -0.3 is 15.1 Å². The third-order valence-electron chi connectivity index (χ3n) is 4.71. The summed E-state index contributed by atoms with van der Waals surface area (Å²) in [5.41, 5.74) is 1.15. The highest BCUT2D eigenvalue weighted by molar-refractivity contribution is 7.89. The Balaban J connectivity index is 1.52. The second kappa shape index (κ2) is 9.22. The van der Waals surface area contributed by atoms with Gasteiger partial charge in [-0.3, -0.25) is 4.79 Å². The van der Waals surface area contributed by atoms with Crippen molar-refractivity contribution in [2.45, 2.75) is 11.3 Å². The van der Waals surface area contributed by atoms with Crippen molar-refractivity contribution in [2.24, 2.45) is 5.14 Å². The zero-order chi connectivity index (χ0) is 21.9. The van der Waals surface area contributed by atoms with Gasteiger partial charge in [0.05, 0.1) is 11.3 Å². The molecule has 1 saturated heterocycles. The van der Waals surface area contributed by atoms with Gasteiger partial charge in [-0.25, -0.2) is 18.4 Å². The molecule has 0 aliphatic carbocycles. The second-order valence-electron chi connectivity index (χ2n) is 6.78. The summed E-state index contributed by atoms with van der Waals surface area (Å²) in [6, 6.07) is 10.3. The van der Waals surface area contributed by atoms with Gasteiger partial charge in [0, 0.05) is 41.9 Å². The summed E-state index contributed by atoms with van der Waals surface area (Å²) in [5.74, 6) is -0.0714. The van der Waals surface area contributed by atoms with Gasteiger partial charge in [-0.1, -0.05) is 29.3 Å². The fourth-order valence-corrected chi connectivity index (χ4v) is 4.02. The van der Waals surface area contributed by atoms with Crippen molar-refractivity contribution >= 4 is 50.9 Å². The quantitative estimate of drug-likeness (QED) is 0.714. The van der Waals surface area contributed by atoms with Crippen LogP contribution >= 0.6 is 23.2 Å². The topological polar surface area (TPSA) is 113 Å². The summed E-state index contributed by atoms with van der Waals surface area (Å²) in [6.45, 7) is 1.56. The lowest BCUT2D eigenvalue weighted by atomic mass is 10.1. The zero-order valence-electron chi connectivity index (χ0n) is 15.8. The molecule has 0 spiro atoms. The Bertz CT molecular complexity index is 1050. The van der Waals surface area contributed by atoms with E-state index >= 15 is 0 Å². The lowest BCUT2D eigenvalue weighted by Gasteiger charge is -2.34. The maximum Gasteiger partial charge on any atom is 0.321 e. The molecule has 3 amide bonds. The van der Waals surface area contributed by atoms with Crippen LogP contribution in [0.4, 0.5) is 10.5 Å². The van der Waals surface area contributed by atoms with Gasteiger partial charge in [0.1, 0.15) is 0 Å². The minimum atomic E-state index is -3.79. The van der Waals surface area contributed by atoms with Gasteiger partial charge >= 0.3 is 6.03 Å². The lowest BCUT2D eigenvalue weighted by Crippen LogP contribution is -2.52. The number of carbonyl (C=O) groups excluding carboxylic acids is 2. The molecule has 0 bridgehead atoms. The number of amides is 3. The highest BCUT2D eigenvalue weighted by atomic mass is 35.5.